The van der Waals surface area contributed by atoms with E-state index in [1.54, 1.807) is 0 Å². The predicted molar refractivity (Wildman–Crippen MR) is 132 cm³/mol. The number of aryl methyl sites for hydroxylation is 2. The van der Waals surface area contributed by atoms with Gasteiger partial charge in [-0.25, -0.2) is 0 Å². The summed E-state index contributed by atoms with van der Waals surface area (Å²) in [6, 6.07) is 4.55. The Morgan fingerprint density at radius 1 is 0.567 bits per heavy atom. The van der Waals surface area contributed by atoms with Crippen LogP contribution in [0.4, 0.5) is 0 Å². The van der Waals surface area contributed by atoms with Gasteiger partial charge in [-0.1, -0.05) is 0 Å². The van der Waals surface area contributed by atoms with Crippen LogP contribution in [0.15, 0.2) is 22.3 Å². The second-order valence-corrected chi connectivity index (χ2v) is 8.80. The largest absolute Gasteiger partial charge is 0.303 e. The van der Waals surface area contributed by atoms with Gasteiger partial charge in [0.2, 0.25) is 0 Å². The molecular formula is C26H38N4. The number of rotatable bonds is 5. The normalized spacial score (nSPS) is 12.4. The molecule has 0 saturated heterocycles. The fourth-order valence-corrected chi connectivity index (χ4v) is 4.30. The van der Waals surface area contributed by atoms with Crippen LogP contribution in [-0.4, -0.2) is 49.6 Å². The molecule has 0 aliphatic rings. The zero-order valence-corrected chi connectivity index (χ0v) is 20.9. The van der Waals surface area contributed by atoms with Gasteiger partial charge < -0.3 is 10.0 Å². The topological polar surface area (TPSA) is 31.2 Å². The Morgan fingerprint density at radius 3 is 1.13 bits per heavy atom. The van der Waals surface area contributed by atoms with Crippen LogP contribution in [-0.2, 0) is 0 Å². The molecule has 0 unspecified atom stereocenters. The summed E-state index contributed by atoms with van der Waals surface area (Å²) >= 11 is 0. The first-order valence-electron chi connectivity index (χ1n) is 10.5. The smallest absolute Gasteiger partial charge is 0.0649 e. The molecule has 0 radical (unpaired) electrons. The van der Waals surface area contributed by atoms with Gasteiger partial charge in [0.05, 0.1) is 11.4 Å². The average Bonchev–Trinajstić information content (AvgIpc) is 2.62. The van der Waals surface area contributed by atoms with E-state index in [1.165, 1.54) is 55.6 Å². The summed E-state index contributed by atoms with van der Waals surface area (Å²) in [4.78, 5) is 0. The zero-order chi connectivity index (χ0) is 22.9. The standard InChI is InChI=1S/C26H38N4/c1-15-13-23(21(7)27-29(9)10)19(5)25(17(15)3)26-18(4)16(2)14-24(20(26)6)22(8)28-30(11)12/h13-14H,1-12H3/b27-21+,28-22+. The van der Waals surface area contributed by atoms with Crippen LogP contribution in [0.5, 0.6) is 0 Å². The molecule has 4 nitrogen and oxygen atoms in total. The molecule has 0 amide bonds. The van der Waals surface area contributed by atoms with Crippen molar-refractivity contribution in [3.63, 3.8) is 0 Å². The minimum Gasteiger partial charge on any atom is -0.303 e. The highest BCUT2D eigenvalue weighted by molar-refractivity contribution is 6.04. The molecule has 0 aliphatic heterocycles. The molecule has 2 rings (SSSR count). The summed E-state index contributed by atoms with van der Waals surface area (Å²) in [6.07, 6.45) is 0. The molecule has 162 valence electrons. The van der Waals surface area contributed by atoms with Crippen LogP contribution in [0.1, 0.15) is 58.4 Å². The molecule has 0 aromatic heterocycles. The average molecular weight is 407 g/mol. The second-order valence-electron chi connectivity index (χ2n) is 8.80. The van der Waals surface area contributed by atoms with Gasteiger partial charge in [-0.15, -0.1) is 0 Å². The fraction of sp³-hybridized carbons (Fsp3) is 0.462. The fourth-order valence-electron chi connectivity index (χ4n) is 4.30. The van der Waals surface area contributed by atoms with Crippen LogP contribution < -0.4 is 0 Å². The lowest BCUT2D eigenvalue weighted by Gasteiger charge is -2.24. The predicted octanol–water partition coefficient (Wildman–Crippen LogP) is 5.78. The van der Waals surface area contributed by atoms with Crippen molar-refractivity contribution in [1.82, 2.24) is 10.0 Å². The highest BCUT2D eigenvalue weighted by Gasteiger charge is 2.21. The summed E-state index contributed by atoms with van der Waals surface area (Å²) in [5.41, 5.74) is 15.0. The van der Waals surface area contributed by atoms with Gasteiger partial charge in [0, 0.05) is 39.3 Å². The number of hydrogen-bond acceptors (Lipinski definition) is 4. The zero-order valence-electron chi connectivity index (χ0n) is 20.9. The van der Waals surface area contributed by atoms with E-state index in [2.05, 4.69) is 77.7 Å². The van der Waals surface area contributed by atoms with Crippen LogP contribution in [0.2, 0.25) is 0 Å². The third-order valence-electron chi connectivity index (χ3n) is 5.94. The third kappa shape index (κ3) is 4.58. The Balaban J connectivity index is 2.94. The van der Waals surface area contributed by atoms with Crippen molar-refractivity contribution in [2.24, 2.45) is 10.2 Å². The Morgan fingerprint density at radius 2 is 0.867 bits per heavy atom. The van der Waals surface area contributed by atoms with E-state index in [4.69, 9.17) is 0 Å². The molecule has 0 atom stereocenters. The highest BCUT2D eigenvalue weighted by atomic mass is 15.4. The number of hydrogen-bond donors (Lipinski definition) is 0. The van der Waals surface area contributed by atoms with Crippen molar-refractivity contribution < 1.29 is 0 Å². The van der Waals surface area contributed by atoms with Crippen LogP contribution >= 0.6 is 0 Å². The van der Waals surface area contributed by atoms with Crippen molar-refractivity contribution in [3.05, 3.63) is 56.6 Å². The summed E-state index contributed by atoms with van der Waals surface area (Å²) < 4.78 is 0. The molecule has 0 heterocycles. The lowest BCUT2D eigenvalue weighted by atomic mass is 9.81. The van der Waals surface area contributed by atoms with Gasteiger partial charge in [-0.2, -0.15) is 10.2 Å². The first-order chi connectivity index (χ1) is 13.9. The van der Waals surface area contributed by atoms with E-state index in [9.17, 15) is 0 Å². The van der Waals surface area contributed by atoms with Crippen LogP contribution in [0, 0.1) is 41.5 Å². The Kier molecular flexibility index (Phi) is 7.12. The van der Waals surface area contributed by atoms with E-state index in [0.717, 1.165) is 11.4 Å². The van der Waals surface area contributed by atoms with Crippen molar-refractivity contribution in [1.29, 1.82) is 0 Å². The van der Waals surface area contributed by atoms with Crippen LogP contribution in [0.25, 0.3) is 11.1 Å². The molecule has 0 spiro atoms. The molecule has 0 fully saturated rings. The SMILES string of the molecule is C/C(=N\N(C)C)c1cc(C)c(C)c(-c2c(C)c(C)cc(/C(C)=N/N(C)C)c2C)c1C. The first kappa shape index (κ1) is 23.7. The first-order valence-corrected chi connectivity index (χ1v) is 10.5. The molecule has 30 heavy (non-hydrogen) atoms. The Hall–Kier alpha value is -2.62. The van der Waals surface area contributed by atoms with E-state index in [1.807, 2.05) is 38.2 Å². The Bertz CT molecular complexity index is 941. The minimum atomic E-state index is 1.04. The van der Waals surface area contributed by atoms with Gasteiger partial charge >= 0.3 is 0 Å². The van der Waals surface area contributed by atoms with E-state index >= 15 is 0 Å². The molecule has 0 saturated carbocycles. The van der Waals surface area contributed by atoms with Crippen molar-refractivity contribution in [2.75, 3.05) is 28.2 Å². The monoisotopic (exact) mass is 406 g/mol. The lowest BCUT2D eigenvalue weighted by molar-refractivity contribution is 0.437. The highest BCUT2D eigenvalue weighted by Crippen LogP contribution is 2.38. The number of nitrogens with zero attached hydrogens (tertiary/aromatic N) is 4. The quantitative estimate of drug-likeness (QED) is 0.466. The van der Waals surface area contributed by atoms with Crippen LogP contribution in [0.3, 0.4) is 0 Å². The molecule has 2 aromatic rings. The van der Waals surface area contributed by atoms with Gasteiger partial charge in [0.15, 0.2) is 0 Å². The Labute approximate surface area is 183 Å². The maximum atomic E-state index is 4.68. The van der Waals surface area contributed by atoms with Crippen molar-refractivity contribution in [3.8, 4) is 11.1 Å². The van der Waals surface area contributed by atoms with E-state index < -0.39 is 0 Å². The van der Waals surface area contributed by atoms with Gasteiger partial charge in [-0.3, -0.25) is 0 Å². The summed E-state index contributed by atoms with van der Waals surface area (Å²) in [5.74, 6) is 0. The van der Waals surface area contributed by atoms with Gasteiger partial charge in [0.25, 0.3) is 0 Å². The maximum Gasteiger partial charge on any atom is 0.0649 e. The molecule has 0 bridgehead atoms. The summed E-state index contributed by atoms with van der Waals surface area (Å²) in [7, 11) is 7.87. The molecule has 0 N–H and O–H groups in total. The minimum absolute atomic E-state index is 1.04. The number of benzene rings is 2. The molecular weight excluding hydrogens is 368 g/mol. The lowest BCUT2D eigenvalue weighted by Crippen LogP contribution is -2.12. The maximum absolute atomic E-state index is 4.68. The van der Waals surface area contributed by atoms with E-state index in [-0.39, 0.29) is 0 Å². The summed E-state index contributed by atoms with van der Waals surface area (Å²) in [5, 5.41) is 13.1. The molecule has 0 aliphatic carbocycles. The second kappa shape index (κ2) is 9.03. The third-order valence-corrected chi connectivity index (χ3v) is 5.94. The molecule has 4 heteroatoms. The van der Waals surface area contributed by atoms with Gasteiger partial charge in [0.1, 0.15) is 0 Å². The van der Waals surface area contributed by atoms with Gasteiger partial charge in [-0.05, 0) is 112 Å². The van der Waals surface area contributed by atoms with E-state index in [0.29, 0.717) is 0 Å². The number of hydrazone groups is 2. The molecule has 2 aromatic carbocycles. The van der Waals surface area contributed by atoms with Crippen molar-refractivity contribution >= 4 is 11.4 Å². The summed E-state index contributed by atoms with van der Waals surface area (Å²) in [6.45, 7) is 17.5. The van der Waals surface area contributed by atoms with Crippen molar-refractivity contribution in [2.45, 2.75) is 55.4 Å².